The van der Waals surface area contributed by atoms with Crippen molar-refractivity contribution >= 4 is 45.1 Å². The Hall–Kier alpha value is -3.10. The second kappa shape index (κ2) is 7.49. The Balaban J connectivity index is 1.55. The molecule has 8 heteroatoms. The number of carbonyl (C=O) groups excluding carboxylic acids is 2. The molecular weight excluding hydrogens is 396 g/mol. The van der Waals surface area contributed by atoms with Gasteiger partial charge < -0.3 is 9.72 Å². The summed E-state index contributed by atoms with van der Waals surface area (Å²) >= 11 is 3.01. The average Bonchev–Trinajstić information content (AvgIpc) is 3.32. The van der Waals surface area contributed by atoms with E-state index in [4.69, 9.17) is 4.74 Å². The van der Waals surface area contributed by atoms with Gasteiger partial charge in [-0.1, -0.05) is 12.1 Å². The fourth-order valence-corrected chi connectivity index (χ4v) is 4.66. The Morgan fingerprint density at radius 1 is 1.21 bits per heavy atom. The molecule has 0 atom stereocenters. The Labute approximate surface area is 167 Å². The Morgan fingerprint density at radius 3 is 2.68 bits per heavy atom. The minimum absolute atomic E-state index is 0.148. The SMILES string of the molecule is Cc1ccc(-c2csc3nc(COC(=O)c4ccc(C=O)cc4)[nH]c(=O)c23)s1. The van der Waals surface area contributed by atoms with Gasteiger partial charge in [0.15, 0.2) is 0 Å². The van der Waals surface area contributed by atoms with E-state index in [0.29, 0.717) is 27.6 Å². The van der Waals surface area contributed by atoms with Crippen LogP contribution in [0, 0.1) is 6.92 Å². The molecule has 1 aromatic carbocycles. The summed E-state index contributed by atoms with van der Waals surface area (Å²) in [6.07, 6.45) is 0.700. The van der Waals surface area contributed by atoms with Crippen LogP contribution in [0.2, 0.25) is 0 Å². The molecule has 0 bridgehead atoms. The van der Waals surface area contributed by atoms with E-state index >= 15 is 0 Å². The molecule has 4 rings (SSSR count). The second-order valence-corrected chi connectivity index (χ2v) is 8.21. The molecule has 0 aliphatic rings. The van der Waals surface area contributed by atoms with E-state index in [0.717, 1.165) is 10.4 Å². The highest BCUT2D eigenvalue weighted by atomic mass is 32.1. The molecule has 0 radical (unpaired) electrons. The van der Waals surface area contributed by atoms with Crippen LogP contribution in [0.15, 0.2) is 46.6 Å². The van der Waals surface area contributed by atoms with E-state index in [2.05, 4.69) is 9.97 Å². The number of benzene rings is 1. The zero-order valence-electron chi connectivity index (χ0n) is 14.7. The van der Waals surface area contributed by atoms with Crippen LogP contribution in [0.5, 0.6) is 0 Å². The summed E-state index contributed by atoms with van der Waals surface area (Å²) in [4.78, 5) is 45.3. The summed E-state index contributed by atoms with van der Waals surface area (Å²) in [6, 6.07) is 10.1. The number of ether oxygens (including phenoxy) is 1. The van der Waals surface area contributed by atoms with E-state index < -0.39 is 5.97 Å². The molecule has 0 saturated carbocycles. The number of aromatic nitrogens is 2. The number of esters is 1. The summed E-state index contributed by atoms with van der Waals surface area (Å²) in [7, 11) is 0. The molecular formula is C20H14N2O4S2. The van der Waals surface area contributed by atoms with Crippen molar-refractivity contribution in [1.29, 1.82) is 0 Å². The first kappa shape index (κ1) is 18.3. The Bertz CT molecular complexity index is 1240. The van der Waals surface area contributed by atoms with Crippen molar-refractivity contribution in [2.45, 2.75) is 13.5 Å². The summed E-state index contributed by atoms with van der Waals surface area (Å²) in [5.41, 5.74) is 1.40. The molecule has 28 heavy (non-hydrogen) atoms. The molecule has 0 spiro atoms. The van der Waals surface area contributed by atoms with Crippen LogP contribution < -0.4 is 5.56 Å². The van der Waals surface area contributed by atoms with Gasteiger partial charge in [0, 0.05) is 26.3 Å². The lowest BCUT2D eigenvalue weighted by molar-refractivity contribution is 0.0462. The fourth-order valence-electron chi connectivity index (χ4n) is 2.74. The number of hydrogen-bond acceptors (Lipinski definition) is 7. The maximum Gasteiger partial charge on any atom is 0.338 e. The molecule has 1 N–H and O–H groups in total. The molecule has 140 valence electrons. The normalized spacial score (nSPS) is 10.9. The topological polar surface area (TPSA) is 89.1 Å². The molecule has 0 aliphatic heterocycles. The van der Waals surface area contributed by atoms with Crippen LogP contribution in [0.3, 0.4) is 0 Å². The highest BCUT2D eigenvalue weighted by Crippen LogP contribution is 2.34. The standard InChI is InChI=1S/C20H14N2O4S2/c1-11-2-7-15(28-11)14-10-27-19-17(14)18(24)21-16(22-19)9-26-20(25)13-5-3-12(8-23)4-6-13/h2-8,10H,9H2,1H3,(H,21,22,24). The highest BCUT2D eigenvalue weighted by molar-refractivity contribution is 7.19. The van der Waals surface area contributed by atoms with Gasteiger partial charge in [-0.15, -0.1) is 22.7 Å². The van der Waals surface area contributed by atoms with Gasteiger partial charge in [0.25, 0.3) is 5.56 Å². The second-order valence-electron chi connectivity index (χ2n) is 6.07. The first-order chi connectivity index (χ1) is 13.5. The molecule has 3 heterocycles. The van der Waals surface area contributed by atoms with Crippen molar-refractivity contribution in [3.05, 3.63) is 74.0 Å². The molecule has 4 aromatic rings. The van der Waals surface area contributed by atoms with Gasteiger partial charge in [-0.05, 0) is 31.2 Å². The van der Waals surface area contributed by atoms with Gasteiger partial charge in [-0.2, -0.15) is 0 Å². The minimum atomic E-state index is -0.555. The maximum absolute atomic E-state index is 12.6. The van der Waals surface area contributed by atoms with Crippen molar-refractivity contribution in [3.8, 4) is 10.4 Å². The number of aldehydes is 1. The maximum atomic E-state index is 12.6. The minimum Gasteiger partial charge on any atom is -0.454 e. The fraction of sp³-hybridized carbons (Fsp3) is 0.100. The molecule has 0 unspecified atom stereocenters. The number of rotatable bonds is 5. The lowest BCUT2D eigenvalue weighted by atomic mass is 10.1. The molecule has 0 aliphatic carbocycles. The molecule has 3 aromatic heterocycles. The predicted octanol–water partition coefficient (Wildman–Crippen LogP) is 4.19. The zero-order chi connectivity index (χ0) is 19.7. The van der Waals surface area contributed by atoms with Crippen molar-refractivity contribution in [1.82, 2.24) is 9.97 Å². The van der Waals surface area contributed by atoms with Gasteiger partial charge in [0.2, 0.25) is 0 Å². The molecule has 6 nitrogen and oxygen atoms in total. The summed E-state index contributed by atoms with van der Waals surface area (Å²) < 4.78 is 5.23. The zero-order valence-corrected chi connectivity index (χ0v) is 16.4. The number of nitrogens with zero attached hydrogens (tertiary/aromatic N) is 1. The third kappa shape index (κ3) is 3.51. The van der Waals surface area contributed by atoms with Crippen LogP contribution in [0.25, 0.3) is 20.7 Å². The van der Waals surface area contributed by atoms with Crippen LogP contribution in [0.1, 0.15) is 31.4 Å². The molecule has 0 fully saturated rings. The van der Waals surface area contributed by atoms with Gasteiger partial charge in [0.05, 0.1) is 10.9 Å². The lowest BCUT2D eigenvalue weighted by Crippen LogP contribution is -2.14. The Morgan fingerprint density at radius 2 is 2.00 bits per heavy atom. The quantitative estimate of drug-likeness (QED) is 0.394. The van der Waals surface area contributed by atoms with Gasteiger partial charge >= 0.3 is 5.97 Å². The van der Waals surface area contributed by atoms with Crippen molar-refractivity contribution in [2.24, 2.45) is 0 Å². The largest absolute Gasteiger partial charge is 0.454 e. The van der Waals surface area contributed by atoms with Crippen LogP contribution in [-0.4, -0.2) is 22.2 Å². The monoisotopic (exact) mass is 410 g/mol. The number of aromatic amines is 1. The number of carbonyl (C=O) groups is 2. The first-order valence-electron chi connectivity index (χ1n) is 8.34. The summed E-state index contributed by atoms with van der Waals surface area (Å²) in [5, 5.41) is 2.47. The van der Waals surface area contributed by atoms with E-state index in [9.17, 15) is 14.4 Å². The van der Waals surface area contributed by atoms with Crippen molar-refractivity contribution < 1.29 is 14.3 Å². The van der Waals surface area contributed by atoms with E-state index in [1.165, 1.54) is 40.5 Å². The number of thiophene rings is 2. The number of aryl methyl sites for hydroxylation is 1. The number of fused-ring (bicyclic) bond motifs is 1. The highest BCUT2D eigenvalue weighted by Gasteiger charge is 2.15. The lowest BCUT2D eigenvalue weighted by Gasteiger charge is -2.05. The Kier molecular flexibility index (Phi) is 4.89. The van der Waals surface area contributed by atoms with E-state index in [1.54, 1.807) is 11.3 Å². The number of nitrogens with one attached hydrogen (secondary N) is 1. The van der Waals surface area contributed by atoms with Crippen molar-refractivity contribution in [3.63, 3.8) is 0 Å². The van der Waals surface area contributed by atoms with Gasteiger partial charge in [-0.25, -0.2) is 9.78 Å². The third-order valence-electron chi connectivity index (χ3n) is 4.12. The third-order valence-corrected chi connectivity index (χ3v) is 6.03. The predicted molar refractivity (Wildman–Crippen MR) is 109 cm³/mol. The van der Waals surface area contributed by atoms with Crippen LogP contribution >= 0.6 is 22.7 Å². The summed E-state index contributed by atoms with van der Waals surface area (Å²) in [6.45, 7) is 1.87. The van der Waals surface area contributed by atoms with E-state index in [1.807, 2.05) is 24.4 Å². The van der Waals surface area contributed by atoms with Gasteiger partial charge in [-0.3, -0.25) is 9.59 Å². The number of H-pyrrole nitrogens is 1. The van der Waals surface area contributed by atoms with Crippen molar-refractivity contribution in [2.75, 3.05) is 0 Å². The van der Waals surface area contributed by atoms with Crippen LogP contribution in [0.4, 0.5) is 0 Å². The van der Waals surface area contributed by atoms with Crippen LogP contribution in [-0.2, 0) is 11.3 Å². The van der Waals surface area contributed by atoms with Gasteiger partial charge in [0.1, 0.15) is 23.5 Å². The smallest absolute Gasteiger partial charge is 0.338 e. The molecule has 0 saturated heterocycles. The summed E-state index contributed by atoms with van der Waals surface area (Å²) in [5.74, 6) is -0.271. The van der Waals surface area contributed by atoms with E-state index in [-0.39, 0.29) is 18.0 Å². The average molecular weight is 410 g/mol. The first-order valence-corrected chi connectivity index (χ1v) is 10.0. The number of hydrogen-bond donors (Lipinski definition) is 1. The molecule has 0 amide bonds.